The number of aromatic nitrogens is 3. The Kier molecular flexibility index (Phi) is 7.72. The van der Waals surface area contributed by atoms with Crippen molar-refractivity contribution in [2.24, 2.45) is 5.92 Å². The van der Waals surface area contributed by atoms with Crippen LogP contribution >= 0.6 is 11.3 Å². The van der Waals surface area contributed by atoms with E-state index in [2.05, 4.69) is 171 Å². The van der Waals surface area contributed by atoms with Gasteiger partial charge in [-0.1, -0.05) is 146 Å². The number of rotatable bonds is 5. The summed E-state index contributed by atoms with van der Waals surface area (Å²) in [5.41, 5.74) is 10.5. The van der Waals surface area contributed by atoms with E-state index in [-0.39, 0.29) is 0 Å². The van der Waals surface area contributed by atoms with Gasteiger partial charge in [0.1, 0.15) is 11.2 Å². The van der Waals surface area contributed by atoms with Gasteiger partial charge in [-0.25, -0.2) is 15.0 Å². The molecule has 1 aliphatic carbocycles. The molecule has 0 amide bonds. The van der Waals surface area contributed by atoms with Crippen LogP contribution in [0.5, 0.6) is 0 Å². The van der Waals surface area contributed by atoms with Crippen molar-refractivity contribution in [1.82, 2.24) is 15.0 Å². The number of fused-ring (bicyclic) bond motifs is 8. The van der Waals surface area contributed by atoms with Crippen molar-refractivity contribution >= 4 is 71.0 Å². The van der Waals surface area contributed by atoms with Gasteiger partial charge in [0.15, 0.2) is 17.5 Å². The molecular weight excluding hydrogens is 739 g/mol. The second kappa shape index (κ2) is 13.4. The average Bonchev–Trinajstić information content (AvgIpc) is 3.86. The summed E-state index contributed by atoms with van der Waals surface area (Å²) in [4.78, 5) is 17.2. The molecule has 1 unspecified atom stereocenters. The third-order valence-electron chi connectivity index (χ3n) is 11.8. The maximum Gasteiger partial charge on any atom is 0.164 e. The Bertz CT molecular complexity index is 3500. The second-order valence-electron chi connectivity index (χ2n) is 15.7. The van der Waals surface area contributed by atoms with E-state index in [1.807, 2.05) is 23.5 Å². The van der Waals surface area contributed by atoms with Gasteiger partial charge < -0.3 is 4.42 Å². The molecule has 4 nitrogen and oxygen atoms in total. The van der Waals surface area contributed by atoms with E-state index in [1.165, 1.54) is 36.9 Å². The maximum absolute atomic E-state index is 6.35. The second-order valence-corrected chi connectivity index (χ2v) is 16.8. The van der Waals surface area contributed by atoms with Crippen LogP contribution < -0.4 is 0 Å². The molecule has 0 N–H and O–H groups in total. The van der Waals surface area contributed by atoms with E-state index < -0.39 is 0 Å². The number of benzene rings is 8. The molecule has 5 heteroatoms. The molecule has 0 fully saturated rings. The highest BCUT2D eigenvalue weighted by atomic mass is 32.1. The van der Waals surface area contributed by atoms with Gasteiger partial charge in [-0.2, -0.15) is 0 Å². The lowest BCUT2D eigenvalue weighted by Crippen LogP contribution is -2.00. The monoisotopic (exact) mass is 773 g/mol. The van der Waals surface area contributed by atoms with Gasteiger partial charge in [-0.3, -0.25) is 0 Å². The fraction of sp³-hybridized carbons (Fsp3) is 0.0556. The van der Waals surface area contributed by atoms with E-state index in [0.717, 1.165) is 72.5 Å². The number of hydrogen-bond donors (Lipinski definition) is 0. The molecule has 1 atom stereocenters. The Morgan fingerprint density at radius 1 is 0.492 bits per heavy atom. The zero-order chi connectivity index (χ0) is 39.0. The first kappa shape index (κ1) is 33.9. The largest absolute Gasteiger partial charge is 0.456 e. The third-order valence-corrected chi connectivity index (χ3v) is 13.0. The third kappa shape index (κ3) is 5.77. The Labute approximate surface area is 344 Å². The minimum Gasteiger partial charge on any atom is -0.456 e. The molecular formula is C54H35N3OS. The van der Waals surface area contributed by atoms with Crippen LogP contribution in [0.2, 0.25) is 0 Å². The molecule has 278 valence electrons. The molecule has 3 heterocycles. The number of para-hydroxylation sites is 1. The van der Waals surface area contributed by atoms with Crippen LogP contribution in [0.1, 0.15) is 17.4 Å². The minimum atomic E-state index is 0.544. The van der Waals surface area contributed by atoms with Crippen molar-refractivity contribution in [2.75, 3.05) is 0 Å². The minimum absolute atomic E-state index is 0.544. The first-order chi connectivity index (χ1) is 29.1. The quantitative estimate of drug-likeness (QED) is 0.175. The molecule has 59 heavy (non-hydrogen) atoms. The fourth-order valence-electron chi connectivity index (χ4n) is 8.87. The lowest BCUT2D eigenvalue weighted by Gasteiger charge is -2.13. The first-order valence-corrected chi connectivity index (χ1v) is 20.9. The summed E-state index contributed by atoms with van der Waals surface area (Å²) in [6.07, 6.45) is 5.70. The van der Waals surface area contributed by atoms with Gasteiger partial charge in [0.05, 0.1) is 0 Å². The number of allylic oxidation sites excluding steroid dienone is 1. The van der Waals surface area contributed by atoms with E-state index in [9.17, 15) is 0 Å². The van der Waals surface area contributed by atoms with Gasteiger partial charge in [0.25, 0.3) is 0 Å². The Morgan fingerprint density at radius 3 is 2.02 bits per heavy atom. The predicted octanol–water partition coefficient (Wildman–Crippen LogP) is 14.8. The van der Waals surface area contributed by atoms with Crippen molar-refractivity contribution in [2.45, 2.75) is 13.3 Å². The zero-order valence-corrected chi connectivity index (χ0v) is 33.0. The van der Waals surface area contributed by atoms with E-state index in [0.29, 0.717) is 23.4 Å². The summed E-state index contributed by atoms with van der Waals surface area (Å²) >= 11 is 1.89. The van der Waals surface area contributed by atoms with E-state index >= 15 is 0 Å². The summed E-state index contributed by atoms with van der Waals surface area (Å²) in [5.74, 6) is 2.46. The molecule has 1 aliphatic rings. The van der Waals surface area contributed by atoms with Crippen LogP contribution in [-0.4, -0.2) is 15.0 Å². The molecule has 12 rings (SSSR count). The van der Waals surface area contributed by atoms with E-state index in [4.69, 9.17) is 19.4 Å². The molecule has 8 aromatic carbocycles. The molecule has 3 aromatic heterocycles. The molecule has 0 saturated heterocycles. The Morgan fingerprint density at radius 2 is 1.15 bits per heavy atom. The van der Waals surface area contributed by atoms with Gasteiger partial charge >= 0.3 is 0 Å². The van der Waals surface area contributed by atoms with Crippen LogP contribution in [-0.2, 0) is 6.42 Å². The SMILES string of the molecule is CC1C=Cc2c(sc3cc(-c4nc(-c5ccc(-c6ccc7ccccc7c6)cc5)nc(-c5cc(-c6cccc7oc8ccccc8c67)c6ccccc6c5)n4)ccc23)C1. The van der Waals surface area contributed by atoms with Gasteiger partial charge in [-0.15, -0.1) is 11.3 Å². The Hall–Kier alpha value is -7.21. The smallest absolute Gasteiger partial charge is 0.164 e. The number of nitrogens with zero attached hydrogens (tertiary/aromatic N) is 3. The van der Waals surface area contributed by atoms with Crippen LogP contribution in [0.4, 0.5) is 0 Å². The van der Waals surface area contributed by atoms with Gasteiger partial charge in [0.2, 0.25) is 0 Å². The Balaban J connectivity index is 1.04. The number of thiophene rings is 1. The van der Waals surface area contributed by atoms with Crippen LogP contribution in [0.15, 0.2) is 174 Å². The van der Waals surface area contributed by atoms with Crippen molar-refractivity contribution in [3.8, 4) is 56.4 Å². The van der Waals surface area contributed by atoms with Crippen LogP contribution in [0.25, 0.3) is 116 Å². The number of furan rings is 1. The molecule has 0 spiro atoms. The summed E-state index contributed by atoms with van der Waals surface area (Å²) < 4.78 is 7.61. The standard InChI is InChI=1S/C54H35N3OS/c1-32-17-25-42-43-26-24-39(31-50(43)59-49(42)27-32)53-55-52(35-21-18-34(19-22-35)37-23-20-33-9-2-3-10-36(33)28-37)56-54(57-53)40-29-38-11-4-5-12-41(38)46(30-40)44-14-8-16-48-51(44)45-13-6-7-15-47(45)58-48/h2-26,28-32H,27H2,1H3. The first-order valence-electron chi connectivity index (χ1n) is 20.1. The normalized spacial score (nSPS) is 13.9. The summed E-state index contributed by atoms with van der Waals surface area (Å²) in [7, 11) is 0. The summed E-state index contributed by atoms with van der Waals surface area (Å²) in [6, 6.07) is 58.0. The highest BCUT2D eigenvalue weighted by molar-refractivity contribution is 7.19. The lowest BCUT2D eigenvalue weighted by atomic mass is 9.92. The van der Waals surface area contributed by atoms with Crippen LogP contribution in [0.3, 0.4) is 0 Å². The molecule has 0 aliphatic heterocycles. The van der Waals surface area contributed by atoms with Gasteiger partial charge in [-0.05, 0) is 103 Å². The summed E-state index contributed by atoms with van der Waals surface area (Å²) in [5, 5.41) is 8.21. The zero-order valence-electron chi connectivity index (χ0n) is 32.2. The predicted molar refractivity (Wildman–Crippen MR) is 247 cm³/mol. The fourth-order valence-corrected chi connectivity index (χ4v) is 10.2. The molecule has 0 radical (unpaired) electrons. The van der Waals surface area contributed by atoms with Crippen LogP contribution in [0, 0.1) is 5.92 Å². The van der Waals surface area contributed by atoms with E-state index in [1.54, 1.807) is 0 Å². The number of hydrogen-bond acceptors (Lipinski definition) is 5. The van der Waals surface area contributed by atoms with Crippen molar-refractivity contribution < 1.29 is 4.42 Å². The average molecular weight is 774 g/mol. The van der Waals surface area contributed by atoms with Crippen molar-refractivity contribution in [1.29, 1.82) is 0 Å². The lowest BCUT2D eigenvalue weighted by molar-refractivity contribution is 0.669. The molecule has 0 saturated carbocycles. The maximum atomic E-state index is 6.35. The summed E-state index contributed by atoms with van der Waals surface area (Å²) in [6.45, 7) is 2.29. The molecule has 0 bridgehead atoms. The highest BCUT2D eigenvalue weighted by Crippen LogP contribution is 2.42. The molecule has 11 aromatic rings. The van der Waals surface area contributed by atoms with Crippen molar-refractivity contribution in [3.05, 3.63) is 180 Å². The highest BCUT2D eigenvalue weighted by Gasteiger charge is 2.20. The van der Waals surface area contributed by atoms with Crippen molar-refractivity contribution in [3.63, 3.8) is 0 Å². The van der Waals surface area contributed by atoms with Gasteiger partial charge in [0, 0.05) is 37.0 Å². The topological polar surface area (TPSA) is 51.8 Å².